The highest BCUT2D eigenvalue weighted by Gasteiger charge is 2.39. The monoisotopic (exact) mass is 303 g/mol. The van der Waals surface area contributed by atoms with E-state index in [1.54, 1.807) is 11.0 Å². The molecule has 0 aliphatic carbocycles. The van der Waals surface area contributed by atoms with Crippen LogP contribution in [0.1, 0.15) is 16.1 Å². The van der Waals surface area contributed by atoms with E-state index in [4.69, 9.17) is 0 Å². The van der Waals surface area contributed by atoms with Crippen LogP contribution in [0.25, 0.3) is 0 Å². The summed E-state index contributed by atoms with van der Waals surface area (Å²) in [4.78, 5) is 25.5. The molecule has 1 unspecified atom stereocenters. The molecule has 2 heterocycles. The maximum Gasteiger partial charge on any atom is 0.328 e. The molecule has 1 aromatic rings. The van der Waals surface area contributed by atoms with Crippen LogP contribution >= 0.6 is 27.3 Å². The van der Waals surface area contributed by atoms with Gasteiger partial charge in [0.25, 0.3) is 5.91 Å². The second-order valence-electron chi connectivity index (χ2n) is 3.43. The van der Waals surface area contributed by atoms with Crippen molar-refractivity contribution in [1.82, 2.24) is 4.90 Å². The van der Waals surface area contributed by atoms with E-state index in [-0.39, 0.29) is 11.9 Å². The molecule has 16 heavy (non-hydrogen) atoms. The van der Waals surface area contributed by atoms with Gasteiger partial charge in [0.1, 0.15) is 6.04 Å². The maximum atomic E-state index is 12.0. The Morgan fingerprint density at radius 2 is 2.31 bits per heavy atom. The first-order chi connectivity index (χ1) is 7.63. The van der Waals surface area contributed by atoms with Crippen LogP contribution in [0, 0.1) is 0 Å². The number of rotatable bonds is 2. The first kappa shape index (κ1) is 11.6. The number of hydrogen-bond donors (Lipinski definition) is 0. The Labute approximate surface area is 105 Å². The molecule has 0 saturated carbocycles. The summed E-state index contributed by atoms with van der Waals surface area (Å²) >= 11 is 4.67. The molecule has 4 nitrogen and oxygen atoms in total. The van der Waals surface area contributed by atoms with Crippen LogP contribution in [0.2, 0.25) is 0 Å². The SMILES string of the molecule is COC(=O)C1CCN1C(=O)c1ccc(Br)s1. The predicted molar refractivity (Wildman–Crippen MR) is 63.5 cm³/mol. The van der Waals surface area contributed by atoms with Gasteiger partial charge < -0.3 is 9.64 Å². The Morgan fingerprint density at radius 3 is 2.75 bits per heavy atom. The Kier molecular flexibility index (Phi) is 3.30. The molecule has 1 amide bonds. The Bertz CT molecular complexity index is 431. The summed E-state index contributed by atoms with van der Waals surface area (Å²) < 4.78 is 5.55. The van der Waals surface area contributed by atoms with Gasteiger partial charge in [-0.05, 0) is 34.5 Å². The lowest BCUT2D eigenvalue weighted by atomic mass is 10.0. The van der Waals surface area contributed by atoms with E-state index in [2.05, 4.69) is 20.7 Å². The van der Waals surface area contributed by atoms with Gasteiger partial charge in [0.15, 0.2) is 0 Å². The van der Waals surface area contributed by atoms with Crippen LogP contribution in [0.3, 0.4) is 0 Å². The summed E-state index contributed by atoms with van der Waals surface area (Å²) in [6.07, 6.45) is 0.685. The average molecular weight is 304 g/mol. The average Bonchev–Trinajstić information content (AvgIpc) is 2.63. The number of ether oxygens (including phenoxy) is 1. The molecule has 0 N–H and O–H groups in total. The Hall–Kier alpha value is -0.880. The van der Waals surface area contributed by atoms with Crippen LogP contribution in [0.4, 0.5) is 0 Å². The van der Waals surface area contributed by atoms with Gasteiger partial charge in [-0.25, -0.2) is 4.79 Å². The molecular weight excluding hydrogens is 294 g/mol. The van der Waals surface area contributed by atoms with E-state index in [0.717, 1.165) is 3.79 Å². The van der Waals surface area contributed by atoms with E-state index < -0.39 is 6.04 Å². The zero-order valence-electron chi connectivity index (χ0n) is 8.60. The van der Waals surface area contributed by atoms with Gasteiger partial charge in [-0.1, -0.05) is 0 Å². The largest absolute Gasteiger partial charge is 0.467 e. The third-order valence-electron chi connectivity index (χ3n) is 2.54. The maximum absolute atomic E-state index is 12.0. The second kappa shape index (κ2) is 4.55. The second-order valence-corrected chi connectivity index (χ2v) is 5.89. The molecule has 1 aromatic heterocycles. The van der Waals surface area contributed by atoms with Crippen molar-refractivity contribution in [3.05, 3.63) is 20.8 Å². The first-order valence-corrected chi connectivity index (χ1v) is 6.38. The molecule has 0 aromatic carbocycles. The lowest BCUT2D eigenvalue weighted by molar-refractivity contribution is -0.149. The van der Waals surface area contributed by atoms with Gasteiger partial charge in [-0.2, -0.15) is 0 Å². The zero-order valence-corrected chi connectivity index (χ0v) is 11.0. The highest BCUT2D eigenvalue weighted by molar-refractivity contribution is 9.11. The van der Waals surface area contributed by atoms with Crippen molar-refractivity contribution < 1.29 is 14.3 Å². The number of hydrogen-bond acceptors (Lipinski definition) is 4. The van der Waals surface area contributed by atoms with Gasteiger partial charge >= 0.3 is 5.97 Å². The minimum Gasteiger partial charge on any atom is -0.467 e. The molecular formula is C10H10BrNO3S. The fourth-order valence-electron chi connectivity index (χ4n) is 1.58. The van der Waals surface area contributed by atoms with Crippen molar-refractivity contribution in [3.8, 4) is 0 Å². The summed E-state index contributed by atoms with van der Waals surface area (Å²) in [6.45, 7) is 0.619. The number of carbonyl (C=O) groups is 2. The Balaban J connectivity index is 2.09. The van der Waals surface area contributed by atoms with Gasteiger partial charge in [-0.15, -0.1) is 11.3 Å². The van der Waals surface area contributed by atoms with Crippen molar-refractivity contribution in [3.63, 3.8) is 0 Å². The van der Waals surface area contributed by atoms with Gasteiger partial charge in [0.05, 0.1) is 15.8 Å². The quantitative estimate of drug-likeness (QED) is 0.784. The number of methoxy groups -OCH3 is 1. The van der Waals surface area contributed by atoms with E-state index in [1.807, 2.05) is 6.07 Å². The third-order valence-corrected chi connectivity index (χ3v) is 4.15. The van der Waals surface area contributed by atoms with E-state index in [1.165, 1.54) is 18.4 Å². The third kappa shape index (κ3) is 1.99. The number of halogens is 1. The lowest BCUT2D eigenvalue weighted by Crippen LogP contribution is -2.55. The summed E-state index contributed by atoms with van der Waals surface area (Å²) in [5.74, 6) is -0.437. The predicted octanol–water partition coefficient (Wildman–Crippen LogP) is 1.90. The lowest BCUT2D eigenvalue weighted by Gasteiger charge is -2.38. The fourth-order valence-corrected chi connectivity index (χ4v) is 2.92. The highest BCUT2D eigenvalue weighted by atomic mass is 79.9. The minimum atomic E-state index is -0.404. The number of thiophene rings is 1. The van der Waals surface area contributed by atoms with E-state index >= 15 is 0 Å². The van der Waals surface area contributed by atoms with Crippen LogP contribution < -0.4 is 0 Å². The van der Waals surface area contributed by atoms with Crippen LogP contribution in [0.15, 0.2) is 15.9 Å². The van der Waals surface area contributed by atoms with Crippen molar-refractivity contribution in [2.24, 2.45) is 0 Å². The van der Waals surface area contributed by atoms with Crippen LogP contribution in [-0.2, 0) is 9.53 Å². The van der Waals surface area contributed by atoms with E-state index in [9.17, 15) is 9.59 Å². The molecule has 1 saturated heterocycles. The fraction of sp³-hybridized carbons (Fsp3) is 0.400. The van der Waals surface area contributed by atoms with Crippen molar-refractivity contribution >= 4 is 39.1 Å². The molecule has 0 radical (unpaired) electrons. The molecule has 1 atom stereocenters. The van der Waals surface area contributed by atoms with Crippen LogP contribution in [-0.4, -0.2) is 36.5 Å². The summed E-state index contributed by atoms with van der Waals surface area (Å²) in [7, 11) is 1.34. The van der Waals surface area contributed by atoms with Crippen molar-refractivity contribution in [2.75, 3.05) is 13.7 Å². The number of nitrogens with zero attached hydrogens (tertiary/aromatic N) is 1. The number of likely N-dealkylation sites (tertiary alicyclic amines) is 1. The van der Waals surface area contributed by atoms with Crippen LogP contribution in [0.5, 0.6) is 0 Å². The molecule has 1 aliphatic rings. The Morgan fingerprint density at radius 1 is 1.56 bits per heavy atom. The number of esters is 1. The summed E-state index contributed by atoms with van der Waals surface area (Å²) in [5.41, 5.74) is 0. The molecule has 0 bridgehead atoms. The first-order valence-electron chi connectivity index (χ1n) is 4.77. The molecule has 2 rings (SSSR count). The van der Waals surface area contributed by atoms with Gasteiger partial charge in [-0.3, -0.25) is 4.79 Å². The molecule has 1 fully saturated rings. The minimum absolute atomic E-state index is 0.0997. The van der Waals surface area contributed by atoms with Crippen molar-refractivity contribution in [2.45, 2.75) is 12.5 Å². The van der Waals surface area contributed by atoms with E-state index in [0.29, 0.717) is 17.8 Å². The molecule has 6 heteroatoms. The molecule has 86 valence electrons. The highest BCUT2D eigenvalue weighted by Crippen LogP contribution is 2.27. The number of carbonyl (C=O) groups excluding carboxylic acids is 2. The standard InChI is InChI=1S/C10H10BrNO3S/c1-15-10(14)6-4-5-12(6)9(13)7-2-3-8(11)16-7/h2-3,6H,4-5H2,1H3. The molecule has 1 aliphatic heterocycles. The summed E-state index contributed by atoms with van der Waals surface area (Å²) in [5, 5.41) is 0. The summed E-state index contributed by atoms with van der Waals surface area (Å²) in [6, 6.07) is 3.17. The molecule has 0 spiro atoms. The van der Waals surface area contributed by atoms with Gasteiger partial charge in [0, 0.05) is 6.54 Å². The van der Waals surface area contributed by atoms with Crippen molar-refractivity contribution in [1.29, 1.82) is 0 Å². The zero-order chi connectivity index (χ0) is 11.7. The topological polar surface area (TPSA) is 46.6 Å². The smallest absolute Gasteiger partial charge is 0.328 e. The van der Waals surface area contributed by atoms with Gasteiger partial charge in [0.2, 0.25) is 0 Å². The normalized spacial score (nSPS) is 19.1. The number of amides is 1.